The quantitative estimate of drug-likeness (QED) is 0.377. The van der Waals surface area contributed by atoms with Crippen LogP contribution >= 0.6 is 0 Å². The predicted octanol–water partition coefficient (Wildman–Crippen LogP) is 4.40. The second-order valence-electron chi connectivity index (χ2n) is 8.96. The van der Waals surface area contributed by atoms with Crippen molar-refractivity contribution in [3.05, 3.63) is 118 Å². The van der Waals surface area contributed by atoms with E-state index in [4.69, 9.17) is 10.5 Å². The molecule has 190 valence electrons. The average Bonchev–Trinajstić information content (AvgIpc) is 3.78. The van der Waals surface area contributed by atoms with Gasteiger partial charge in [0.1, 0.15) is 11.3 Å². The zero-order valence-electron chi connectivity index (χ0n) is 21.0. The summed E-state index contributed by atoms with van der Waals surface area (Å²) in [6.45, 7) is 1.55. The number of carbonyl (C=O) groups is 1. The number of hydrogen-bond donors (Lipinski definition) is 2. The van der Waals surface area contributed by atoms with E-state index in [1.165, 1.54) is 10.2 Å². The van der Waals surface area contributed by atoms with E-state index >= 15 is 0 Å². The minimum Gasteiger partial charge on any atom is -0.497 e. The molecule has 0 saturated heterocycles. The van der Waals surface area contributed by atoms with E-state index in [1.807, 2.05) is 84.9 Å². The number of nitrogens with zero attached hydrogens (tertiary/aromatic N) is 2. The van der Waals surface area contributed by atoms with E-state index < -0.39 is 0 Å². The first kappa shape index (κ1) is 25.9. The van der Waals surface area contributed by atoms with Crippen molar-refractivity contribution in [2.75, 3.05) is 7.11 Å². The first-order valence-electron chi connectivity index (χ1n) is 12.4. The van der Waals surface area contributed by atoms with Crippen molar-refractivity contribution >= 4 is 5.91 Å². The second-order valence-corrected chi connectivity index (χ2v) is 8.96. The Morgan fingerprint density at radius 1 is 0.973 bits per heavy atom. The lowest BCUT2D eigenvalue weighted by atomic mass is 10.1. The third kappa shape index (κ3) is 7.38. The van der Waals surface area contributed by atoms with Crippen LogP contribution in [0.5, 0.6) is 5.75 Å². The molecule has 1 saturated carbocycles. The van der Waals surface area contributed by atoms with E-state index in [-0.39, 0.29) is 17.0 Å². The zero-order valence-corrected chi connectivity index (χ0v) is 21.0. The summed E-state index contributed by atoms with van der Waals surface area (Å²) in [5, 5.41) is 7.37. The number of methoxy groups -OCH3 is 1. The van der Waals surface area contributed by atoms with Gasteiger partial charge in [-0.1, -0.05) is 60.7 Å². The van der Waals surface area contributed by atoms with Crippen molar-refractivity contribution in [1.82, 2.24) is 15.1 Å². The van der Waals surface area contributed by atoms with Gasteiger partial charge in [0.05, 0.1) is 12.8 Å². The number of benzene rings is 3. The van der Waals surface area contributed by atoms with Gasteiger partial charge >= 0.3 is 0 Å². The van der Waals surface area contributed by atoms with E-state index in [2.05, 4.69) is 10.4 Å². The molecule has 1 aliphatic carbocycles. The van der Waals surface area contributed by atoms with Gasteiger partial charge in [-0.25, -0.2) is 4.68 Å². The van der Waals surface area contributed by atoms with Gasteiger partial charge in [0, 0.05) is 25.2 Å². The summed E-state index contributed by atoms with van der Waals surface area (Å²) in [4.78, 5) is 25.7. The van der Waals surface area contributed by atoms with Crippen LogP contribution in [0.3, 0.4) is 0 Å². The fraction of sp³-hybridized carbons (Fsp3) is 0.233. The lowest BCUT2D eigenvalue weighted by molar-refractivity contribution is 0.0948. The predicted molar refractivity (Wildman–Crippen MR) is 145 cm³/mol. The maximum Gasteiger partial charge on any atom is 0.279 e. The Kier molecular flexibility index (Phi) is 8.84. The van der Waals surface area contributed by atoms with Crippen LogP contribution in [0, 0.1) is 5.92 Å². The van der Waals surface area contributed by atoms with Gasteiger partial charge in [-0.2, -0.15) is 5.10 Å². The van der Waals surface area contributed by atoms with Crippen LogP contribution in [0.1, 0.15) is 34.3 Å². The van der Waals surface area contributed by atoms with E-state index in [1.54, 1.807) is 13.2 Å². The van der Waals surface area contributed by atoms with Crippen LogP contribution < -0.4 is 21.3 Å². The van der Waals surface area contributed by atoms with Gasteiger partial charge in [0.25, 0.3) is 11.5 Å². The summed E-state index contributed by atoms with van der Waals surface area (Å²) in [6.07, 6.45) is 2.19. The molecule has 1 fully saturated rings. The molecule has 0 unspecified atom stereocenters. The summed E-state index contributed by atoms with van der Waals surface area (Å²) in [6, 6.07) is 28.6. The van der Waals surface area contributed by atoms with Gasteiger partial charge < -0.3 is 15.8 Å². The highest BCUT2D eigenvalue weighted by molar-refractivity contribution is 5.94. The van der Waals surface area contributed by atoms with Gasteiger partial charge in [-0.15, -0.1) is 0 Å². The third-order valence-corrected chi connectivity index (χ3v) is 6.11. The first-order chi connectivity index (χ1) is 18.1. The smallest absolute Gasteiger partial charge is 0.279 e. The van der Waals surface area contributed by atoms with E-state index in [0.717, 1.165) is 29.7 Å². The summed E-state index contributed by atoms with van der Waals surface area (Å²) in [5.74, 6) is 0.813. The molecule has 5 rings (SSSR count). The van der Waals surface area contributed by atoms with Crippen LogP contribution in [0.4, 0.5) is 0 Å². The highest BCUT2D eigenvalue weighted by atomic mass is 16.5. The number of ether oxygens (including phenoxy) is 1. The van der Waals surface area contributed by atoms with Crippen LogP contribution in [0.2, 0.25) is 0 Å². The Bertz CT molecular complexity index is 1350. The minimum absolute atomic E-state index is 0.113. The largest absolute Gasteiger partial charge is 0.497 e. The van der Waals surface area contributed by atoms with Crippen LogP contribution in [0.25, 0.3) is 11.3 Å². The third-order valence-electron chi connectivity index (χ3n) is 6.11. The Morgan fingerprint density at radius 3 is 2.14 bits per heavy atom. The molecule has 0 spiro atoms. The second kappa shape index (κ2) is 12.6. The molecular formula is C30H32N4O3. The maximum atomic E-state index is 12.9. The number of nitrogens with one attached hydrogen (secondary N) is 1. The van der Waals surface area contributed by atoms with Crippen molar-refractivity contribution in [3.63, 3.8) is 0 Å². The van der Waals surface area contributed by atoms with Gasteiger partial charge in [-0.05, 0) is 60.2 Å². The summed E-state index contributed by atoms with van der Waals surface area (Å²) in [5.41, 5.74) is 8.70. The molecule has 7 nitrogen and oxygen atoms in total. The highest BCUT2D eigenvalue weighted by Gasteiger charge is 2.25. The number of hydrogen-bond acceptors (Lipinski definition) is 5. The fourth-order valence-corrected chi connectivity index (χ4v) is 3.76. The zero-order chi connectivity index (χ0) is 26.0. The monoisotopic (exact) mass is 496 g/mol. The number of amides is 1. The standard InChI is InChI=1S/C23H23N3O3.C7H9N/c1-29-19-11-9-18(10-12-19)21-13-20(23(28)26(25-21)15-17-7-8-17)22(27)24-14-16-5-3-2-4-6-16;8-6-7-4-2-1-3-5-7/h2-6,9-13,17H,7-8,14-15H2,1H3,(H,24,27);1-5H,6,8H2. The SMILES string of the molecule is COc1ccc(-c2cc(C(=O)NCc3ccccc3)c(=O)n(CC3CC3)n2)cc1.NCc1ccccc1. The molecule has 1 heterocycles. The number of aromatic nitrogens is 2. The number of nitrogens with two attached hydrogens (primary N) is 1. The Balaban J connectivity index is 0.000000342. The Hall–Kier alpha value is -4.23. The maximum absolute atomic E-state index is 12.9. The van der Waals surface area contributed by atoms with Crippen LogP contribution in [-0.4, -0.2) is 22.8 Å². The molecular weight excluding hydrogens is 464 g/mol. The molecule has 1 aliphatic rings. The molecule has 1 amide bonds. The molecule has 37 heavy (non-hydrogen) atoms. The number of carbonyl (C=O) groups excluding carboxylic acids is 1. The van der Waals surface area contributed by atoms with Crippen molar-refractivity contribution in [3.8, 4) is 17.0 Å². The van der Waals surface area contributed by atoms with E-state index in [9.17, 15) is 9.59 Å². The summed E-state index contributed by atoms with van der Waals surface area (Å²) >= 11 is 0. The summed E-state index contributed by atoms with van der Waals surface area (Å²) in [7, 11) is 1.61. The summed E-state index contributed by atoms with van der Waals surface area (Å²) < 4.78 is 6.64. The number of rotatable bonds is 8. The van der Waals surface area contributed by atoms with Crippen LogP contribution in [-0.2, 0) is 19.6 Å². The van der Waals surface area contributed by atoms with E-state index in [0.29, 0.717) is 31.2 Å². The van der Waals surface area contributed by atoms with Crippen LogP contribution in [0.15, 0.2) is 95.8 Å². The molecule has 7 heteroatoms. The lowest BCUT2D eigenvalue weighted by Crippen LogP contribution is -2.34. The Morgan fingerprint density at radius 2 is 1.59 bits per heavy atom. The lowest BCUT2D eigenvalue weighted by Gasteiger charge is -2.11. The first-order valence-corrected chi connectivity index (χ1v) is 12.4. The Labute approximate surface area is 216 Å². The van der Waals surface area contributed by atoms with Gasteiger partial charge in [0.2, 0.25) is 0 Å². The van der Waals surface area contributed by atoms with Crippen molar-refractivity contribution in [1.29, 1.82) is 0 Å². The molecule has 0 bridgehead atoms. The van der Waals surface area contributed by atoms with Crippen molar-refractivity contribution in [2.24, 2.45) is 11.7 Å². The van der Waals surface area contributed by atoms with Crippen molar-refractivity contribution in [2.45, 2.75) is 32.5 Å². The molecule has 0 radical (unpaired) electrons. The average molecular weight is 497 g/mol. The van der Waals surface area contributed by atoms with Gasteiger partial charge in [-0.3, -0.25) is 9.59 Å². The molecule has 4 aromatic rings. The molecule has 3 aromatic carbocycles. The molecule has 0 aliphatic heterocycles. The topological polar surface area (TPSA) is 99.2 Å². The fourth-order valence-electron chi connectivity index (χ4n) is 3.76. The molecule has 1 aromatic heterocycles. The molecule has 0 atom stereocenters. The highest BCUT2D eigenvalue weighted by Crippen LogP contribution is 2.30. The minimum atomic E-state index is -0.388. The van der Waals surface area contributed by atoms with Gasteiger partial charge in [0.15, 0.2) is 0 Å². The normalized spacial score (nSPS) is 12.3. The van der Waals surface area contributed by atoms with Crippen molar-refractivity contribution < 1.29 is 9.53 Å². The molecule has 3 N–H and O–H groups in total.